The molecule has 1 rings (SSSR count). The van der Waals surface area contributed by atoms with Crippen LogP contribution >= 0.6 is 23.2 Å². The molecule has 0 aliphatic carbocycles. The van der Waals surface area contributed by atoms with E-state index in [0.717, 1.165) is 12.8 Å². The first kappa shape index (κ1) is 21.0. The van der Waals surface area contributed by atoms with Crippen molar-refractivity contribution in [2.45, 2.75) is 71.1 Å². The molecule has 0 aliphatic heterocycles. The van der Waals surface area contributed by atoms with Crippen molar-refractivity contribution < 1.29 is 9.59 Å². The molecule has 0 radical (unpaired) electrons. The third kappa shape index (κ3) is 8.16. The Kier molecular flexibility index (Phi) is 10.8. The highest BCUT2D eigenvalue weighted by molar-refractivity contribution is 6.38. The van der Waals surface area contributed by atoms with Crippen LogP contribution < -0.4 is 5.32 Å². The minimum absolute atomic E-state index is 0.0982. The fourth-order valence-corrected chi connectivity index (χ4v) is 3.02. The second-order valence-corrected chi connectivity index (χ2v) is 6.92. The van der Waals surface area contributed by atoms with E-state index in [4.69, 9.17) is 23.2 Å². The Morgan fingerprint density at radius 2 is 1.58 bits per heavy atom. The predicted octanol–water partition coefficient (Wildman–Crippen LogP) is 6.67. The van der Waals surface area contributed by atoms with Gasteiger partial charge in [-0.2, -0.15) is 0 Å². The van der Waals surface area contributed by atoms with Crippen LogP contribution in [0, 0.1) is 0 Å². The smallest absolute Gasteiger partial charge is 0.224 e. The molecule has 0 bridgehead atoms. The Hall–Kier alpha value is -1.06. The van der Waals surface area contributed by atoms with Crippen molar-refractivity contribution in [3.05, 3.63) is 27.7 Å². The molecule has 1 aromatic rings. The maximum atomic E-state index is 12.0. The van der Waals surface area contributed by atoms with Gasteiger partial charge in [0.1, 0.15) is 0 Å². The number of carbonyl (C=O) groups excluding carboxylic acids is 2. The molecule has 1 N–H and O–H groups in total. The van der Waals surface area contributed by atoms with E-state index in [2.05, 4.69) is 12.2 Å². The quantitative estimate of drug-likeness (QED) is 0.329. The van der Waals surface area contributed by atoms with Crippen LogP contribution in [0.3, 0.4) is 0 Å². The molecule has 0 saturated heterocycles. The molecule has 0 unspecified atom stereocenters. The molecular weight excluding hydrogens is 345 g/mol. The summed E-state index contributed by atoms with van der Waals surface area (Å²) in [7, 11) is 0. The van der Waals surface area contributed by atoms with Crippen LogP contribution in [0.25, 0.3) is 0 Å². The van der Waals surface area contributed by atoms with Gasteiger partial charge in [0.15, 0.2) is 6.29 Å². The van der Waals surface area contributed by atoms with Gasteiger partial charge >= 0.3 is 0 Å². The lowest BCUT2D eigenvalue weighted by Gasteiger charge is -2.09. The maximum Gasteiger partial charge on any atom is 0.224 e. The van der Waals surface area contributed by atoms with Gasteiger partial charge < -0.3 is 5.32 Å². The monoisotopic (exact) mass is 371 g/mol. The van der Waals surface area contributed by atoms with Crippen molar-refractivity contribution in [3.63, 3.8) is 0 Å². The van der Waals surface area contributed by atoms with E-state index < -0.39 is 0 Å². The summed E-state index contributed by atoms with van der Waals surface area (Å²) in [6.45, 7) is 2.22. The molecule has 0 fully saturated rings. The largest absolute Gasteiger partial charge is 0.325 e. The molecule has 24 heavy (non-hydrogen) atoms. The molecule has 134 valence electrons. The van der Waals surface area contributed by atoms with Crippen molar-refractivity contribution in [3.8, 4) is 0 Å². The molecule has 0 heterocycles. The lowest BCUT2D eigenvalue weighted by Crippen LogP contribution is -2.12. The first-order chi connectivity index (χ1) is 11.6. The summed E-state index contributed by atoms with van der Waals surface area (Å²) in [6.07, 6.45) is 12.0. The number of unbranched alkanes of at least 4 members (excludes halogenated alkanes) is 8. The molecule has 0 spiro atoms. The van der Waals surface area contributed by atoms with Gasteiger partial charge in [-0.05, 0) is 18.6 Å². The van der Waals surface area contributed by atoms with Crippen molar-refractivity contribution >= 4 is 41.1 Å². The van der Waals surface area contributed by atoms with Crippen LogP contribution in [0.2, 0.25) is 10.0 Å². The number of nitrogens with one attached hydrogen (secondary N) is 1. The first-order valence-electron chi connectivity index (χ1n) is 8.82. The van der Waals surface area contributed by atoms with Crippen LogP contribution in [0.5, 0.6) is 0 Å². The van der Waals surface area contributed by atoms with Crippen molar-refractivity contribution in [1.82, 2.24) is 0 Å². The van der Waals surface area contributed by atoms with E-state index in [9.17, 15) is 9.59 Å². The second-order valence-electron chi connectivity index (χ2n) is 6.10. The number of hydrogen-bond acceptors (Lipinski definition) is 2. The lowest BCUT2D eigenvalue weighted by atomic mass is 10.1. The molecule has 0 atom stereocenters. The maximum absolute atomic E-state index is 12.0. The van der Waals surface area contributed by atoms with Crippen LogP contribution in [0.1, 0.15) is 81.5 Å². The van der Waals surface area contributed by atoms with Crippen molar-refractivity contribution in [1.29, 1.82) is 0 Å². The average molecular weight is 372 g/mol. The minimum atomic E-state index is -0.0982. The number of anilines is 1. The normalized spacial score (nSPS) is 10.6. The van der Waals surface area contributed by atoms with Gasteiger partial charge in [0, 0.05) is 17.0 Å². The van der Waals surface area contributed by atoms with E-state index >= 15 is 0 Å². The topological polar surface area (TPSA) is 46.2 Å². The first-order valence-corrected chi connectivity index (χ1v) is 9.58. The van der Waals surface area contributed by atoms with E-state index in [0.29, 0.717) is 23.4 Å². The van der Waals surface area contributed by atoms with Crippen LogP contribution in [-0.2, 0) is 4.79 Å². The molecule has 5 heteroatoms. The van der Waals surface area contributed by atoms with Gasteiger partial charge in [0.05, 0.1) is 10.7 Å². The van der Waals surface area contributed by atoms with Gasteiger partial charge in [-0.15, -0.1) is 0 Å². The summed E-state index contributed by atoms with van der Waals surface area (Å²) in [5, 5.41) is 3.34. The van der Waals surface area contributed by atoms with Crippen LogP contribution in [0.15, 0.2) is 12.1 Å². The lowest BCUT2D eigenvalue weighted by molar-refractivity contribution is -0.116. The number of carbonyl (C=O) groups is 2. The van der Waals surface area contributed by atoms with Gasteiger partial charge in [-0.1, -0.05) is 81.5 Å². The Balaban J connectivity index is 2.23. The average Bonchev–Trinajstić information content (AvgIpc) is 2.56. The van der Waals surface area contributed by atoms with E-state index in [1.165, 1.54) is 51.0 Å². The zero-order valence-corrected chi connectivity index (χ0v) is 15.9. The second kappa shape index (κ2) is 12.3. The van der Waals surface area contributed by atoms with Gasteiger partial charge in [0.2, 0.25) is 5.91 Å². The molecule has 1 aromatic carbocycles. The summed E-state index contributed by atoms with van der Waals surface area (Å²) in [4.78, 5) is 22.9. The fourth-order valence-electron chi connectivity index (χ4n) is 2.60. The number of benzene rings is 1. The summed E-state index contributed by atoms with van der Waals surface area (Å²) < 4.78 is 0. The van der Waals surface area contributed by atoms with Gasteiger partial charge in [0.25, 0.3) is 0 Å². The zero-order valence-electron chi connectivity index (χ0n) is 14.4. The molecule has 3 nitrogen and oxygen atoms in total. The molecular formula is C19H27Cl2NO2. The Morgan fingerprint density at radius 1 is 1.00 bits per heavy atom. The molecule has 0 aliphatic rings. The van der Waals surface area contributed by atoms with E-state index in [-0.39, 0.29) is 16.5 Å². The summed E-state index contributed by atoms with van der Waals surface area (Å²) in [5.74, 6) is -0.0982. The Bertz CT molecular complexity index is 532. The minimum Gasteiger partial charge on any atom is -0.325 e. The highest BCUT2D eigenvalue weighted by Crippen LogP contribution is 2.29. The highest BCUT2D eigenvalue weighted by Gasteiger charge is 2.11. The number of hydrogen-bond donors (Lipinski definition) is 1. The van der Waals surface area contributed by atoms with Crippen LogP contribution in [-0.4, -0.2) is 12.2 Å². The van der Waals surface area contributed by atoms with Crippen molar-refractivity contribution in [2.75, 3.05) is 5.32 Å². The number of rotatable bonds is 12. The summed E-state index contributed by atoms with van der Waals surface area (Å²) in [5.41, 5.74) is 0.676. The van der Waals surface area contributed by atoms with E-state index in [1.54, 1.807) is 6.07 Å². The van der Waals surface area contributed by atoms with Crippen LogP contribution in [0.4, 0.5) is 5.69 Å². The number of amides is 1. The number of halogens is 2. The third-order valence-corrected chi connectivity index (χ3v) is 4.61. The number of aldehydes is 1. The Morgan fingerprint density at radius 3 is 2.17 bits per heavy atom. The van der Waals surface area contributed by atoms with E-state index in [1.807, 2.05) is 0 Å². The third-order valence-electron chi connectivity index (χ3n) is 3.97. The molecule has 0 saturated carbocycles. The van der Waals surface area contributed by atoms with Gasteiger partial charge in [-0.25, -0.2) is 0 Å². The SMILES string of the molecule is CCCCCCCCCCCC(=O)Nc1cc(Cl)cc(C=O)c1Cl. The Labute approximate surface area is 155 Å². The standard InChI is InChI=1S/C19H27Cl2NO2/c1-2-3-4-5-6-7-8-9-10-11-18(24)22-17-13-16(20)12-15(14-23)19(17)21/h12-14H,2-11H2,1H3,(H,22,24). The zero-order chi connectivity index (χ0) is 17.8. The van der Waals surface area contributed by atoms with Crippen molar-refractivity contribution in [2.24, 2.45) is 0 Å². The van der Waals surface area contributed by atoms with Gasteiger partial charge in [-0.3, -0.25) is 9.59 Å². The highest BCUT2D eigenvalue weighted by atomic mass is 35.5. The predicted molar refractivity (Wildman–Crippen MR) is 102 cm³/mol. The summed E-state index contributed by atoms with van der Waals surface area (Å²) in [6, 6.07) is 3.04. The fraction of sp³-hybridized carbons (Fsp3) is 0.579. The molecule has 0 aromatic heterocycles. The molecule has 1 amide bonds. The summed E-state index contributed by atoms with van der Waals surface area (Å²) >= 11 is 12.0.